The minimum Gasteiger partial charge on any atom is -0.477 e. The molecule has 1 fully saturated rings. The van der Waals surface area contributed by atoms with Crippen molar-refractivity contribution in [2.45, 2.75) is 32.1 Å². The standard InChI is InChI=1S/C18H22N2O3/c1-19-15-9-5-4-8-13(15)14(17(19)18(22)23)12-16(21)20-10-6-2-3-7-11-20/h4-5,8-9H,2-3,6-7,10-12H2,1H3,(H,22,23). The van der Waals surface area contributed by atoms with Crippen LogP contribution < -0.4 is 0 Å². The van der Waals surface area contributed by atoms with Crippen LogP contribution in [-0.4, -0.2) is 39.5 Å². The van der Waals surface area contributed by atoms with Crippen LogP contribution in [0.1, 0.15) is 41.7 Å². The lowest BCUT2D eigenvalue weighted by Crippen LogP contribution is -2.33. The number of likely N-dealkylation sites (tertiary alicyclic amines) is 1. The number of aryl methyl sites for hydroxylation is 1. The van der Waals surface area contributed by atoms with Gasteiger partial charge in [-0.1, -0.05) is 31.0 Å². The fourth-order valence-electron chi connectivity index (χ4n) is 3.51. The molecule has 122 valence electrons. The van der Waals surface area contributed by atoms with Gasteiger partial charge in [0.2, 0.25) is 5.91 Å². The van der Waals surface area contributed by atoms with E-state index in [0.717, 1.165) is 36.8 Å². The molecule has 0 spiro atoms. The van der Waals surface area contributed by atoms with E-state index in [1.54, 1.807) is 11.6 Å². The predicted octanol–water partition coefficient (Wildman–Crippen LogP) is 2.82. The molecular weight excluding hydrogens is 292 g/mol. The first kappa shape index (κ1) is 15.6. The summed E-state index contributed by atoms with van der Waals surface area (Å²) in [5.41, 5.74) is 1.70. The zero-order valence-corrected chi connectivity index (χ0v) is 13.4. The van der Waals surface area contributed by atoms with E-state index in [4.69, 9.17) is 0 Å². The highest BCUT2D eigenvalue weighted by Gasteiger charge is 2.24. The van der Waals surface area contributed by atoms with E-state index in [1.165, 1.54) is 12.8 Å². The Morgan fingerprint density at radius 3 is 2.39 bits per heavy atom. The summed E-state index contributed by atoms with van der Waals surface area (Å²) in [6.07, 6.45) is 4.56. The molecule has 1 saturated heterocycles. The van der Waals surface area contributed by atoms with Crippen molar-refractivity contribution >= 4 is 22.8 Å². The van der Waals surface area contributed by atoms with E-state index < -0.39 is 5.97 Å². The van der Waals surface area contributed by atoms with Gasteiger partial charge in [0.25, 0.3) is 0 Å². The number of para-hydroxylation sites is 1. The molecule has 1 amide bonds. The molecule has 1 aliphatic heterocycles. The zero-order valence-electron chi connectivity index (χ0n) is 13.4. The summed E-state index contributed by atoms with van der Waals surface area (Å²) in [7, 11) is 1.74. The van der Waals surface area contributed by atoms with E-state index in [0.29, 0.717) is 5.56 Å². The average Bonchev–Trinajstić information content (AvgIpc) is 2.73. The largest absolute Gasteiger partial charge is 0.477 e. The number of hydrogen-bond acceptors (Lipinski definition) is 2. The summed E-state index contributed by atoms with van der Waals surface area (Å²) in [5, 5.41) is 10.4. The van der Waals surface area contributed by atoms with E-state index >= 15 is 0 Å². The number of hydrogen-bond donors (Lipinski definition) is 1. The van der Waals surface area contributed by atoms with Crippen LogP contribution >= 0.6 is 0 Å². The first-order valence-corrected chi connectivity index (χ1v) is 8.17. The molecule has 1 aromatic heterocycles. The lowest BCUT2D eigenvalue weighted by molar-refractivity contribution is -0.130. The molecule has 0 unspecified atom stereocenters. The molecule has 23 heavy (non-hydrogen) atoms. The van der Waals surface area contributed by atoms with Crippen molar-refractivity contribution in [1.82, 2.24) is 9.47 Å². The smallest absolute Gasteiger partial charge is 0.352 e. The molecule has 5 nitrogen and oxygen atoms in total. The van der Waals surface area contributed by atoms with Gasteiger partial charge in [0, 0.05) is 36.6 Å². The van der Waals surface area contributed by atoms with Gasteiger partial charge in [0.05, 0.1) is 6.42 Å². The van der Waals surface area contributed by atoms with Crippen LogP contribution in [-0.2, 0) is 18.3 Å². The van der Waals surface area contributed by atoms with Crippen molar-refractivity contribution in [2.24, 2.45) is 7.05 Å². The summed E-state index contributed by atoms with van der Waals surface area (Å²) < 4.78 is 1.67. The molecule has 1 aliphatic rings. The van der Waals surface area contributed by atoms with E-state index in [1.807, 2.05) is 29.2 Å². The van der Waals surface area contributed by atoms with Gasteiger partial charge in [-0.15, -0.1) is 0 Å². The van der Waals surface area contributed by atoms with Crippen LogP contribution in [0.2, 0.25) is 0 Å². The van der Waals surface area contributed by atoms with Crippen molar-refractivity contribution in [3.63, 3.8) is 0 Å². The maximum absolute atomic E-state index is 12.7. The lowest BCUT2D eigenvalue weighted by Gasteiger charge is -2.20. The lowest BCUT2D eigenvalue weighted by atomic mass is 10.1. The van der Waals surface area contributed by atoms with Gasteiger partial charge in [0.1, 0.15) is 5.69 Å². The van der Waals surface area contributed by atoms with Crippen LogP contribution in [0.4, 0.5) is 0 Å². The molecule has 0 aliphatic carbocycles. The van der Waals surface area contributed by atoms with Gasteiger partial charge >= 0.3 is 5.97 Å². The monoisotopic (exact) mass is 314 g/mol. The second-order valence-corrected chi connectivity index (χ2v) is 6.18. The molecule has 0 radical (unpaired) electrons. The Hall–Kier alpha value is -2.30. The molecule has 0 atom stereocenters. The highest BCUT2D eigenvalue weighted by Crippen LogP contribution is 2.26. The van der Waals surface area contributed by atoms with Crippen molar-refractivity contribution in [3.05, 3.63) is 35.5 Å². The summed E-state index contributed by atoms with van der Waals surface area (Å²) in [5.74, 6) is -0.951. The fraction of sp³-hybridized carbons (Fsp3) is 0.444. The molecular formula is C18H22N2O3. The average molecular weight is 314 g/mol. The Kier molecular flexibility index (Phi) is 4.37. The maximum Gasteiger partial charge on any atom is 0.352 e. The number of carbonyl (C=O) groups excluding carboxylic acids is 1. The number of aromatic nitrogens is 1. The van der Waals surface area contributed by atoms with Gasteiger partial charge in [-0.2, -0.15) is 0 Å². The number of carbonyl (C=O) groups is 2. The van der Waals surface area contributed by atoms with Gasteiger partial charge in [0.15, 0.2) is 0 Å². The topological polar surface area (TPSA) is 62.5 Å². The molecule has 0 saturated carbocycles. The van der Waals surface area contributed by atoms with Crippen molar-refractivity contribution < 1.29 is 14.7 Å². The van der Waals surface area contributed by atoms with Crippen LogP contribution in [0.15, 0.2) is 24.3 Å². The second kappa shape index (κ2) is 6.44. The molecule has 1 aromatic carbocycles. The van der Waals surface area contributed by atoms with Gasteiger partial charge in [-0.3, -0.25) is 4.79 Å². The number of nitrogens with zero attached hydrogens (tertiary/aromatic N) is 2. The summed E-state index contributed by atoms with van der Waals surface area (Å²) in [6.45, 7) is 1.57. The minimum absolute atomic E-state index is 0.0331. The first-order chi connectivity index (χ1) is 11.1. The Balaban J connectivity index is 1.97. The molecule has 2 aromatic rings. The van der Waals surface area contributed by atoms with Crippen LogP contribution in [0, 0.1) is 0 Å². The summed E-state index contributed by atoms with van der Waals surface area (Å²) >= 11 is 0. The number of rotatable bonds is 3. The van der Waals surface area contributed by atoms with Crippen LogP contribution in [0.3, 0.4) is 0 Å². The number of aromatic carboxylic acids is 1. The number of carboxylic acid groups (broad SMARTS) is 1. The van der Waals surface area contributed by atoms with Crippen molar-refractivity contribution in [2.75, 3.05) is 13.1 Å². The Labute approximate surface area is 135 Å². The van der Waals surface area contributed by atoms with Crippen molar-refractivity contribution in [3.8, 4) is 0 Å². The Morgan fingerprint density at radius 2 is 1.74 bits per heavy atom. The quantitative estimate of drug-likeness (QED) is 0.947. The van der Waals surface area contributed by atoms with Crippen LogP contribution in [0.5, 0.6) is 0 Å². The Bertz CT molecular complexity index is 740. The third-order valence-corrected chi connectivity index (χ3v) is 4.70. The Morgan fingerprint density at radius 1 is 1.09 bits per heavy atom. The first-order valence-electron chi connectivity index (χ1n) is 8.17. The number of fused-ring (bicyclic) bond motifs is 1. The highest BCUT2D eigenvalue weighted by molar-refractivity contribution is 6.00. The normalized spacial score (nSPS) is 15.6. The van der Waals surface area contributed by atoms with E-state index in [-0.39, 0.29) is 18.0 Å². The summed E-state index contributed by atoms with van der Waals surface area (Å²) in [4.78, 5) is 26.2. The number of amides is 1. The van der Waals surface area contributed by atoms with E-state index in [2.05, 4.69) is 0 Å². The SMILES string of the molecule is Cn1c(C(=O)O)c(CC(=O)N2CCCCCC2)c2ccccc21. The van der Waals surface area contributed by atoms with E-state index in [9.17, 15) is 14.7 Å². The van der Waals surface area contributed by atoms with Crippen LogP contribution in [0.25, 0.3) is 10.9 Å². The minimum atomic E-state index is -0.984. The second-order valence-electron chi connectivity index (χ2n) is 6.18. The van der Waals surface area contributed by atoms with Gasteiger partial charge < -0.3 is 14.6 Å². The fourth-order valence-corrected chi connectivity index (χ4v) is 3.51. The molecule has 0 bridgehead atoms. The molecule has 2 heterocycles. The molecule has 3 rings (SSSR count). The predicted molar refractivity (Wildman–Crippen MR) is 88.6 cm³/mol. The third kappa shape index (κ3) is 2.96. The maximum atomic E-state index is 12.7. The highest BCUT2D eigenvalue weighted by atomic mass is 16.4. The van der Waals surface area contributed by atoms with Crippen molar-refractivity contribution in [1.29, 1.82) is 0 Å². The number of benzene rings is 1. The number of carboxylic acids is 1. The van der Waals surface area contributed by atoms with Gasteiger partial charge in [-0.25, -0.2) is 4.79 Å². The van der Waals surface area contributed by atoms with Gasteiger partial charge in [-0.05, 0) is 18.9 Å². The zero-order chi connectivity index (χ0) is 16.4. The third-order valence-electron chi connectivity index (χ3n) is 4.70. The molecule has 1 N–H and O–H groups in total. The summed E-state index contributed by atoms with van der Waals surface area (Å²) in [6, 6.07) is 7.55. The molecule has 5 heteroatoms.